The lowest BCUT2D eigenvalue weighted by atomic mass is 10.0. The van der Waals surface area contributed by atoms with Crippen molar-refractivity contribution in [3.05, 3.63) is 72.1 Å². The maximum Gasteiger partial charge on any atom is 0.312 e. The zero-order valence-electron chi connectivity index (χ0n) is 25.1. The van der Waals surface area contributed by atoms with Crippen LogP contribution in [0.4, 0.5) is 0 Å². The first-order chi connectivity index (χ1) is 20.4. The molecule has 1 N–H and O–H groups in total. The maximum absolute atomic E-state index is 14.1. The second kappa shape index (κ2) is 15.3. The van der Waals surface area contributed by atoms with E-state index in [1.165, 1.54) is 0 Å². The molecule has 0 aliphatic carbocycles. The summed E-state index contributed by atoms with van der Waals surface area (Å²) in [6, 6.07) is 15.2. The molecule has 4 rings (SSSR count). The van der Waals surface area contributed by atoms with Gasteiger partial charge in [-0.05, 0) is 102 Å². The van der Waals surface area contributed by atoms with Crippen LogP contribution in [0.1, 0.15) is 56.5 Å². The van der Waals surface area contributed by atoms with Crippen LogP contribution in [-0.2, 0) is 16.1 Å². The monoisotopic (exact) mass is 577 g/mol. The van der Waals surface area contributed by atoms with Crippen LogP contribution in [-0.4, -0.2) is 66.9 Å². The first kappa shape index (κ1) is 31.0. The molecule has 9 heteroatoms. The number of benzene rings is 2. The van der Waals surface area contributed by atoms with Gasteiger partial charge < -0.3 is 33.7 Å². The molecule has 0 saturated carbocycles. The van der Waals surface area contributed by atoms with Crippen LogP contribution in [0.5, 0.6) is 17.2 Å². The van der Waals surface area contributed by atoms with Gasteiger partial charge in [0.15, 0.2) is 0 Å². The van der Waals surface area contributed by atoms with E-state index in [-0.39, 0.29) is 24.5 Å². The van der Waals surface area contributed by atoms with Crippen LogP contribution in [0, 0.1) is 5.92 Å². The maximum atomic E-state index is 14.1. The van der Waals surface area contributed by atoms with Crippen molar-refractivity contribution in [2.75, 3.05) is 39.5 Å². The van der Waals surface area contributed by atoms with E-state index in [2.05, 4.69) is 5.32 Å². The summed E-state index contributed by atoms with van der Waals surface area (Å²) in [5.74, 6) is 1.16. The van der Waals surface area contributed by atoms with E-state index in [9.17, 15) is 9.59 Å². The van der Waals surface area contributed by atoms with Crippen molar-refractivity contribution in [1.29, 1.82) is 0 Å². The van der Waals surface area contributed by atoms with Crippen molar-refractivity contribution < 1.29 is 28.5 Å². The normalized spacial score (nSPS) is 14.2. The van der Waals surface area contributed by atoms with Crippen LogP contribution in [0.15, 0.2) is 60.9 Å². The molecule has 3 aromatic rings. The van der Waals surface area contributed by atoms with Gasteiger partial charge in [0, 0.05) is 30.5 Å². The summed E-state index contributed by atoms with van der Waals surface area (Å²) in [7, 11) is 0. The van der Waals surface area contributed by atoms with E-state index < -0.39 is 5.92 Å². The Morgan fingerprint density at radius 2 is 1.60 bits per heavy atom. The van der Waals surface area contributed by atoms with Crippen molar-refractivity contribution in [1.82, 2.24) is 14.8 Å². The van der Waals surface area contributed by atoms with Gasteiger partial charge in [0.1, 0.15) is 29.5 Å². The van der Waals surface area contributed by atoms with Gasteiger partial charge in [-0.25, -0.2) is 0 Å². The smallest absolute Gasteiger partial charge is 0.312 e. The number of piperidine rings is 1. The minimum absolute atomic E-state index is 0.0716. The Morgan fingerprint density at radius 3 is 2.21 bits per heavy atom. The van der Waals surface area contributed by atoms with Gasteiger partial charge in [0.05, 0.1) is 25.7 Å². The molecular weight excluding hydrogens is 534 g/mol. The lowest BCUT2D eigenvalue weighted by Gasteiger charge is -2.35. The predicted octanol–water partition coefficient (Wildman–Crippen LogP) is 5.25. The molecule has 0 bridgehead atoms. The largest absolute Gasteiger partial charge is 0.493 e. The average Bonchev–Trinajstić information content (AvgIpc) is 3.54. The Labute approximate surface area is 248 Å². The summed E-state index contributed by atoms with van der Waals surface area (Å²) in [5, 5.41) is 3.40. The molecular formula is C33H43N3O6. The summed E-state index contributed by atoms with van der Waals surface area (Å²) in [6.45, 7) is 11.1. The fourth-order valence-corrected chi connectivity index (χ4v) is 5.14. The van der Waals surface area contributed by atoms with Crippen LogP contribution < -0.4 is 19.5 Å². The molecule has 9 nitrogen and oxygen atoms in total. The van der Waals surface area contributed by atoms with E-state index in [0.29, 0.717) is 49.2 Å². The van der Waals surface area contributed by atoms with Crippen molar-refractivity contribution in [2.24, 2.45) is 5.92 Å². The second-order valence-electron chi connectivity index (χ2n) is 10.3. The number of carbonyl (C=O) groups excluding carboxylic acids is 2. The Hall–Kier alpha value is -3.98. The Morgan fingerprint density at radius 1 is 0.929 bits per heavy atom. The SMILES string of the molecule is CCOC(=O)C(C)COc1cccc(C(=O)N(Cc2cc(OCC)c(-n3cccc3)c(OCC)c2)C2CCNCC2)c1. The molecule has 1 aliphatic rings. The van der Waals surface area contributed by atoms with Gasteiger partial charge in [-0.1, -0.05) is 6.07 Å². The van der Waals surface area contributed by atoms with Gasteiger partial charge in [0.2, 0.25) is 0 Å². The zero-order chi connectivity index (χ0) is 29.9. The van der Waals surface area contributed by atoms with Crippen molar-refractivity contribution in [2.45, 2.75) is 53.1 Å². The lowest BCUT2D eigenvalue weighted by Crippen LogP contribution is -2.45. The fraction of sp³-hybridized carbons (Fsp3) is 0.455. The summed E-state index contributed by atoms with van der Waals surface area (Å²) in [5.41, 5.74) is 2.31. The number of hydrogen-bond acceptors (Lipinski definition) is 7. The number of nitrogens with zero attached hydrogens (tertiary/aromatic N) is 2. The molecule has 0 radical (unpaired) electrons. The first-order valence-electron chi connectivity index (χ1n) is 14.9. The van der Waals surface area contributed by atoms with E-state index >= 15 is 0 Å². The molecule has 1 fully saturated rings. The molecule has 1 aromatic heterocycles. The van der Waals surface area contributed by atoms with Crippen molar-refractivity contribution >= 4 is 11.9 Å². The number of carbonyl (C=O) groups is 2. The Bertz CT molecular complexity index is 1280. The summed E-state index contributed by atoms with van der Waals surface area (Å²) in [6.07, 6.45) is 5.65. The van der Waals surface area contributed by atoms with Gasteiger partial charge >= 0.3 is 5.97 Å². The summed E-state index contributed by atoms with van der Waals surface area (Å²) >= 11 is 0. The molecule has 2 heterocycles. The Kier molecular flexibility index (Phi) is 11.3. The average molecular weight is 578 g/mol. The van der Waals surface area contributed by atoms with E-state index in [0.717, 1.165) is 37.2 Å². The highest BCUT2D eigenvalue weighted by atomic mass is 16.5. The van der Waals surface area contributed by atoms with Crippen molar-refractivity contribution in [3.63, 3.8) is 0 Å². The topological polar surface area (TPSA) is 91.3 Å². The quantitative estimate of drug-likeness (QED) is 0.262. The standard InChI is InChI=1S/C33H43N3O6/c1-5-39-29-19-25(20-30(40-6-2)31(29)35-17-8-9-18-35)22-36(27-13-15-34-16-14-27)32(37)26-11-10-12-28(21-26)42-23-24(4)33(38)41-7-3/h8-12,17-21,24,27,34H,5-7,13-16,22-23H2,1-4H3. The molecule has 1 aliphatic heterocycles. The molecule has 1 saturated heterocycles. The van der Waals surface area contributed by atoms with Gasteiger partial charge in [0.25, 0.3) is 5.91 Å². The van der Waals surface area contributed by atoms with E-state index in [1.54, 1.807) is 26.0 Å². The van der Waals surface area contributed by atoms with Crippen LogP contribution in [0.3, 0.4) is 0 Å². The fourth-order valence-electron chi connectivity index (χ4n) is 5.14. The second-order valence-corrected chi connectivity index (χ2v) is 10.3. The first-order valence-corrected chi connectivity index (χ1v) is 14.9. The molecule has 2 aromatic carbocycles. The summed E-state index contributed by atoms with van der Waals surface area (Å²) < 4.78 is 25.1. The number of ether oxygens (including phenoxy) is 4. The summed E-state index contributed by atoms with van der Waals surface area (Å²) in [4.78, 5) is 28.1. The number of amides is 1. The van der Waals surface area contributed by atoms with Crippen molar-refractivity contribution in [3.8, 4) is 22.9 Å². The molecule has 1 unspecified atom stereocenters. The zero-order valence-corrected chi connectivity index (χ0v) is 25.1. The highest BCUT2D eigenvalue weighted by Crippen LogP contribution is 2.36. The minimum atomic E-state index is -0.413. The van der Waals surface area contributed by atoms with E-state index in [1.807, 2.05) is 72.1 Å². The number of hydrogen-bond donors (Lipinski definition) is 1. The molecule has 226 valence electrons. The third-order valence-corrected chi connectivity index (χ3v) is 7.20. The van der Waals surface area contributed by atoms with E-state index in [4.69, 9.17) is 18.9 Å². The minimum Gasteiger partial charge on any atom is -0.493 e. The molecule has 42 heavy (non-hydrogen) atoms. The number of nitrogens with one attached hydrogen (secondary N) is 1. The van der Waals surface area contributed by atoms with Crippen LogP contribution >= 0.6 is 0 Å². The number of rotatable bonds is 14. The highest BCUT2D eigenvalue weighted by Gasteiger charge is 2.28. The van der Waals surface area contributed by atoms with Gasteiger partial charge in [-0.15, -0.1) is 0 Å². The van der Waals surface area contributed by atoms with Crippen LogP contribution in [0.2, 0.25) is 0 Å². The third-order valence-electron chi connectivity index (χ3n) is 7.20. The lowest BCUT2D eigenvalue weighted by molar-refractivity contribution is -0.148. The predicted molar refractivity (Wildman–Crippen MR) is 162 cm³/mol. The third kappa shape index (κ3) is 7.85. The molecule has 1 amide bonds. The number of aromatic nitrogens is 1. The highest BCUT2D eigenvalue weighted by molar-refractivity contribution is 5.95. The Balaban J connectivity index is 1.62. The molecule has 0 spiro atoms. The molecule has 1 atom stereocenters. The van der Waals surface area contributed by atoms with Gasteiger partial charge in [-0.3, -0.25) is 9.59 Å². The van der Waals surface area contributed by atoms with Crippen LogP contribution in [0.25, 0.3) is 5.69 Å². The van der Waals surface area contributed by atoms with Gasteiger partial charge in [-0.2, -0.15) is 0 Å². The number of esters is 1.